The highest BCUT2D eigenvalue weighted by molar-refractivity contribution is 7.98. The molecule has 1 unspecified atom stereocenters. The zero-order valence-corrected chi connectivity index (χ0v) is 17.2. The Morgan fingerprint density at radius 3 is 2.79 bits per heavy atom. The van der Waals surface area contributed by atoms with Gasteiger partial charge in [0.2, 0.25) is 0 Å². The summed E-state index contributed by atoms with van der Waals surface area (Å²) in [6.07, 6.45) is -0.327. The summed E-state index contributed by atoms with van der Waals surface area (Å²) in [4.78, 5) is 11.7. The highest BCUT2D eigenvalue weighted by Crippen LogP contribution is 2.36. The second-order valence-corrected chi connectivity index (χ2v) is 7.58. The number of Topliss-reactive ketones (excluding diaryl/α,β-unsaturated/α-hetero) is 1. The maximum Gasteiger partial charge on any atom is 0.192 e. The minimum absolute atomic E-state index is 0.0228. The van der Waals surface area contributed by atoms with Crippen LogP contribution in [0.3, 0.4) is 0 Å². The van der Waals surface area contributed by atoms with E-state index in [1.54, 1.807) is 20.1 Å². The average Bonchev–Trinajstić information content (AvgIpc) is 3.11. The third-order valence-electron chi connectivity index (χ3n) is 4.71. The largest absolute Gasteiger partial charge is 0.496 e. The first kappa shape index (κ1) is 19.3. The number of methoxy groups -OCH3 is 1. The standard InChI is InChI=1S/C21H21N3O4S/c1-13(25)14-8-9-16(26-3)15(10-14)12-29-21-23-22-20(24(21)2)19-11-27-17-6-4-5-7-18(17)28-19/h4-10,19H,11-12H2,1-3H3. The minimum Gasteiger partial charge on any atom is -0.496 e. The highest BCUT2D eigenvalue weighted by atomic mass is 32.2. The van der Waals surface area contributed by atoms with E-state index in [9.17, 15) is 4.79 Å². The lowest BCUT2D eigenvalue weighted by atomic mass is 10.1. The number of fused-ring (bicyclic) bond motifs is 1. The molecule has 150 valence electrons. The molecule has 0 fully saturated rings. The zero-order chi connectivity index (χ0) is 20.4. The molecule has 3 aromatic rings. The summed E-state index contributed by atoms with van der Waals surface area (Å²) in [7, 11) is 3.53. The van der Waals surface area contributed by atoms with Gasteiger partial charge in [0.15, 0.2) is 34.4 Å². The van der Waals surface area contributed by atoms with Gasteiger partial charge in [-0.1, -0.05) is 23.9 Å². The van der Waals surface area contributed by atoms with Crippen molar-refractivity contribution in [1.29, 1.82) is 0 Å². The maximum absolute atomic E-state index is 11.7. The predicted octanol–water partition coefficient (Wildman–Crippen LogP) is 3.83. The fraction of sp³-hybridized carbons (Fsp3) is 0.286. The second kappa shape index (κ2) is 8.16. The first-order valence-electron chi connectivity index (χ1n) is 9.15. The number of benzene rings is 2. The van der Waals surface area contributed by atoms with Crippen molar-refractivity contribution in [2.75, 3.05) is 13.7 Å². The Morgan fingerprint density at radius 2 is 2.03 bits per heavy atom. The number of para-hydroxylation sites is 2. The summed E-state index contributed by atoms with van der Waals surface area (Å²) < 4.78 is 19.2. The van der Waals surface area contributed by atoms with Crippen molar-refractivity contribution < 1.29 is 19.0 Å². The van der Waals surface area contributed by atoms with Crippen LogP contribution in [0.5, 0.6) is 17.2 Å². The van der Waals surface area contributed by atoms with Gasteiger partial charge in [-0.3, -0.25) is 4.79 Å². The van der Waals surface area contributed by atoms with Crippen molar-refractivity contribution in [3.05, 3.63) is 59.4 Å². The number of thioether (sulfide) groups is 1. The van der Waals surface area contributed by atoms with E-state index in [2.05, 4.69) is 10.2 Å². The number of hydrogen-bond acceptors (Lipinski definition) is 7. The molecule has 1 atom stereocenters. The molecule has 0 N–H and O–H groups in total. The first-order valence-corrected chi connectivity index (χ1v) is 10.1. The van der Waals surface area contributed by atoms with Crippen LogP contribution in [0.4, 0.5) is 0 Å². The summed E-state index contributed by atoms with van der Waals surface area (Å²) in [6.45, 7) is 1.93. The van der Waals surface area contributed by atoms with Gasteiger partial charge in [-0.25, -0.2) is 0 Å². The molecule has 0 saturated heterocycles. The molecule has 4 rings (SSSR count). The molecule has 1 aliphatic heterocycles. The summed E-state index contributed by atoms with van der Waals surface area (Å²) >= 11 is 1.52. The van der Waals surface area contributed by atoms with Gasteiger partial charge >= 0.3 is 0 Å². The second-order valence-electron chi connectivity index (χ2n) is 6.64. The number of carbonyl (C=O) groups is 1. The van der Waals surface area contributed by atoms with E-state index in [0.29, 0.717) is 29.5 Å². The molecule has 2 heterocycles. The Kier molecular flexibility index (Phi) is 5.44. The minimum atomic E-state index is -0.327. The molecule has 0 amide bonds. The van der Waals surface area contributed by atoms with Gasteiger partial charge in [-0.2, -0.15) is 0 Å². The van der Waals surface area contributed by atoms with Gasteiger partial charge < -0.3 is 18.8 Å². The fourth-order valence-corrected chi connectivity index (χ4v) is 4.03. The zero-order valence-electron chi connectivity index (χ0n) is 16.4. The Morgan fingerprint density at radius 1 is 1.24 bits per heavy atom. The number of rotatable bonds is 6. The number of aromatic nitrogens is 3. The van der Waals surface area contributed by atoms with Crippen molar-refractivity contribution in [2.45, 2.75) is 23.9 Å². The van der Waals surface area contributed by atoms with Crippen molar-refractivity contribution in [3.8, 4) is 17.2 Å². The number of carbonyl (C=O) groups excluding carboxylic acids is 1. The molecule has 2 aromatic carbocycles. The molecule has 0 bridgehead atoms. The molecular formula is C21H21N3O4S. The van der Waals surface area contributed by atoms with Crippen LogP contribution in [0.25, 0.3) is 0 Å². The van der Waals surface area contributed by atoms with Gasteiger partial charge in [0.05, 0.1) is 7.11 Å². The number of ether oxygens (including phenoxy) is 3. The van der Waals surface area contributed by atoms with E-state index in [1.807, 2.05) is 48.0 Å². The molecule has 7 nitrogen and oxygen atoms in total. The number of ketones is 1. The Balaban J connectivity index is 1.50. The van der Waals surface area contributed by atoms with Crippen molar-refractivity contribution in [2.24, 2.45) is 7.05 Å². The van der Waals surface area contributed by atoms with Gasteiger partial charge in [-0.05, 0) is 37.3 Å². The quantitative estimate of drug-likeness (QED) is 0.451. The molecule has 0 spiro atoms. The maximum atomic E-state index is 11.7. The molecule has 8 heteroatoms. The monoisotopic (exact) mass is 411 g/mol. The molecule has 1 aromatic heterocycles. The SMILES string of the molecule is COc1ccc(C(C)=O)cc1CSc1nnc(C2COc3ccccc3O2)n1C. The molecule has 1 aliphatic rings. The van der Waals surface area contributed by atoms with E-state index in [4.69, 9.17) is 14.2 Å². The first-order chi connectivity index (χ1) is 14.1. The van der Waals surface area contributed by atoms with E-state index in [1.165, 1.54) is 11.8 Å². The average molecular weight is 411 g/mol. The van der Waals surface area contributed by atoms with E-state index < -0.39 is 0 Å². The van der Waals surface area contributed by atoms with Crippen LogP contribution in [0, 0.1) is 0 Å². The van der Waals surface area contributed by atoms with E-state index in [0.717, 1.165) is 22.2 Å². The Hall–Kier alpha value is -3.00. The van der Waals surface area contributed by atoms with Gasteiger partial charge in [0, 0.05) is 23.9 Å². The van der Waals surface area contributed by atoms with Crippen molar-refractivity contribution >= 4 is 17.5 Å². The summed E-state index contributed by atoms with van der Waals surface area (Å²) in [6, 6.07) is 13.0. The van der Waals surface area contributed by atoms with Gasteiger partial charge in [0.25, 0.3) is 0 Å². The summed E-state index contributed by atoms with van der Waals surface area (Å²) in [5.41, 5.74) is 1.59. The Labute approximate surface area is 173 Å². The number of nitrogens with zero attached hydrogens (tertiary/aromatic N) is 3. The van der Waals surface area contributed by atoms with Gasteiger partial charge in [0.1, 0.15) is 12.4 Å². The molecule has 0 radical (unpaired) electrons. The fourth-order valence-electron chi connectivity index (χ4n) is 3.13. The summed E-state index contributed by atoms with van der Waals surface area (Å²) in [5.74, 6) is 3.50. The summed E-state index contributed by atoms with van der Waals surface area (Å²) in [5, 5.41) is 9.37. The van der Waals surface area contributed by atoms with Crippen molar-refractivity contribution in [1.82, 2.24) is 14.8 Å². The van der Waals surface area contributed by atoms with Crippen LogP contribution in [0.15, 0.2) is 47.6 Å². The third-order valence-corrected chi connectivity index (χ3v) is 5.78. The normalized spacial score (nSPS) is 15.2. The van der Waals surface area contributed by atoms with Crippen LogP contribution in [-0.2, 0) is 12.8 Å². The molecule has 0 aliphatic carbocycles. The van der Waals surface area contributed by atoms with Crippen LogP contribution in [0.2, 0.25) is 0 Å². The lowest BCUT2D eigenvalue weighted by molar-refractivity contribution is 0.0825. The van der Waals surface area contributed by atoms with Crippen LogP contribution < -0.4 is 14.2 Å². The molecule has 29 heavy (non-hydrogen) atoms. The topological polar surface area (TPSA) is 75.5 Å². The van der Waals surface area contributed by atoms with E-state index in [-0.39, 0.29) is 11.9 Å². The van der Waals surface area contributed by atoms with Gasteiger partial charge in [-0.15, -0.1) is 10.2 Å². The smallest absolute Gasteiger partial charge is 0.192 e. The number of hydrogen-bond donors (Lipinski definition) is 0. The van der Waals surface area contributed by atoms with Crippen LogP contribution in [0.1, 0.15) is 34.8 Å². The predicted molar refractivity (Wildman–Crippen MR) is 109 cm³/mol. The highest BCUT2D eigenvalue weighted by Gasteiger charge is 2.27. The molecule has 0 saturated carbocycles. The third kappa shape index (κ3) is 3.93. The Bertz CT molecular complexity index is 1050. The lowest BCUT2D eigenvalue weighted by Gasteiger charge is -2.25. The lowest BCUT2D eigenvalue weighted by Crippen LogP contribution is -2.24. The van der Waals surface area contributed by atoms with Crippen molar-refractivity contribution in [3.63, 3.8) is 0 Å². The van der Waals surface area contributed by atoms with Crippen LogP contribution >= 0.6 is 11.8 Å². The van der Waals surface area contributed by atoms with Crippen LogP contribution in [-0.4, -0.2) is 34.3 Å². The molecular weight excluding hydrogens is 390 g/mol. The van der Waals surface area contributed by atoms with E-state index >= 15 is 0 Å².